The average Bonchev–Trinajstić information content (AvgIpc) is 2.59. The van der Waals surface area contributed by atoms with Gasteiger partial charge in [-0.3, -0.25) is 4.90 Å². The maximum absolute atomic E-state index is 12.7. The van der Waals surface area contributed by atoms with Crippen LogP contribution in [-0.4, -0.2) is 43.3 Å². The van der Waals surface area contributed by atoms with E-state index in [0.29, 0.717) is 17.7 Å². The highest BCUT2D eigenvalue weighted by atomic mass is 16.6. The van der Waals surface area contributed by atoms with Crippen LogP contribution in [0.2, 0.25) is 0 Å². The molecule has 1 aromatic rings. The van der Waals surface area contributed by atoms with E-state index in [1.165, 1.54) is 12.0 Å². The number of nitrogens with zero attached hydrogens (tertiary/aromatic N) is 2. The summed E-state index contributed by atoms with van der Waals surface area (Å²) in [5, 5.41) is 8.78. The van der Waals surface area contributed by atoms with Crippen molar-refractivity contribution in [2.45, 2.75) is 45.3 Å². The molecule has 1 amide bonds. The van der Waals surface area contributed by atoms with Gasteiger partial charge in [0.2, 0.25) is 0 Å². The summed E-state index contributed by atoms with van der Waals surface area (Å²) >= 11 is 0. The molecule has 0 radical (unpaired) electrons. The summed E-state index contributed by atoms with van der Waals surface area (Å²) in [4.78, 5) is 26.4. The third-order valence-electron chi connectivity index (χ3n) is 3.48. The molecule has 1 unspecified atom stereocenters. The summed E-state index contributed by atoms with van der Waals surface area (Å²) in [7, 11) is 2.81. The first kappa shape index (κ1) is 21.3. The van der Waals surface area contributed by atoms with Gasteiger partial charge in [0.25, 0.3) is 0 Å². The Morgan fingerprint density at radius 1 is 1.19 bits per heavy atom. The van der Waals surface area contributed by atoms with Gasteiger partial charge in [0.05, 0.1) is 20.3 Å². The van der Waals surface area contributed by atoms with Crippen LogP contribution in [0.5, 0.6) is 5.75 Å². The Hall–Kier alpha value is -2.75. The smallest absolute Gasteiger partial charge is 0.411 e. The highest BCUT2D eigenvalue weighted by Crippen LogP contribution is 2.27. The van der Waals surface area contributed by atoms with Crippen molar-refractivity contribution in [2.24, 2.45) is 0 Å². The molecule has 7 nitrogen and oxygen atoms in total. The van der Waals surface area contributed by atoms with Crippen molar-refractivity contribution in [1.29, 1.82) is 5.26 Å². The molecule has 1 rings (SSSR count). The Morgan fingerprint density at radius 2 is 1.81 bits per heavy atom. The van der Waals surface area contributed by atoms with Crippen molar-refractivity contribution in [2.75, 3.05) is 20.8 Å². The topological polar surface area (TPSA) is 88.9 Å². The first-order valence-corrected chi connectivity index (χ1v) is 8.32. The van der Waals surface area contributed by atoms with Crippen LogP contribution < -0.4 is 4.74 Å². The highest BCUT2D eigenvalue weighted by molar-refractivity contribution is 5.83. The lowest BCUT2D eigenvalue weighted by atomic mass is 10.0. The first-order chi connectivity index (χ1) is 12.2. The third kappa shape index (κ3) is 6.28. The predicted molar refractivity (Wildman–Crippen MR) is 95.5 cm³/mol. The normalized spacial score (nSPS) is 11.8. The standard InChI is InChI=1S/C19H26N2O5/c1-19(2,3)26-18(23)21(13-7-6-12-20)16(17(22)25-5)14-8-10-15(24-4)11-9-14/h8-11,16H,6-7,13H2,1-5H3. The van der Waals surface area contributed by atoms with Gasteiger partial charge in [-0.1, -0.05) is 12.1 Å². The zero-order valence-electron chi connectivity index (χ0n) is 15.9. The number of carbonyl (C=O) groups excluding carboxylic acids is 2. The summed E-state index contributed by atoms with van der Waals surface area (Å²) < 4.78 is 15.5. The average molecular weight is 362 g/mol. The molecule has 0 aliphatic rings. The molecule has 7 heteroatoms. The second-order valence-electron chi connectivity index (χ2n) is 6.63. The van der Waals surface area contributed by atoms with E-state index in [1.807, 2.05) is 6.07 Å². The van der Waals surface area contributed by atoms with Crippen LogP contribution in [0.1, 0.15) is 45.2 Å². The molecule has 0 saturated carbocycles. The lowest BCUT2D eigenvalue weighted by molar-refractivity contribution is -0.147. The number of benzene rings is 1. The highest BCUT2D eigenvalue weighted by Gasteiger charge is 2.34. The SMILES string of the molecule is COC(=O)C(c1ccc(OC)cc1)N(CCCC#N)C(=O)OC(C)(C)C. The van der Waals surface area contributed by atoms with Gasteiger partial charge < -0.3 is 14.2 Å². The number of methoxy groups -OCH3 is 2. The maximum Gasteiger partial charge on any atom is 0.411 e. The third-order valence-corrected chi connectivity index (χ3v) is 3.48. The van der Waals surface area contributed by atoms with E-state index in [0.717, 1.165) is 0 Å². The van der Waals surface area contributed by atoms with Crippen molar-refractivity contribution in [1.82, 2.24) is 4.90 Å². The summed E-state index contributed by atoms with van der Waals surface area (Å²) in [6.45, 7) is 5.44. The Balaban J connectivity index is 3.23. The minimum atomic E-state index is -0.973. The van der Waals surface area contributed by atoms with Crippen LogP contribution in [0, 0.1) is 11.3 Å². The van der Waals surface area contributed by atoms with Crippen LogP contribution in [0.25, 0.3) is 0 Å². The largest absolute Gasteiger partial charge is 0.497 e. The van der Waals surface area contributed by atoms with Crippen LogP contribution in [0.4, 0.5) is 4.79 Å². The van der Waals surface area contributed by atoms with Crippen LogP contribution >= 0.6 is 0 Å². The number of hydrogen-bond donors (Lipinski definition) is 0. The zero-order chi connectivity index (χ0) is 19.7. The van der Waals surface area contributed by atoms with E-state index < -0.39 is 23.7 Å². The van der Waals surface area contributed by atoms with Gasteiger partial charge in [-0.15, -0.1) is 0 Å². The van der Waals surface area contributed by atoms with Crippen molar-refractivity contribution in [3.8, 4) is 11.8 Å². The molecular weight excluding hydrogens is 336 g/mol. The number of ether oxygens (including phenoxy) is 3. The lowest BCUT2D eigenvalue weighted by Crippen LogP contribution is -2.43. The van der Waals surface area contributed by atoms with Gasteiger partial charge in [-0.25, -0.2) is 9.59 Å². The van der Waals surface area contributed by atoms with Gasteiger partial charge in [-0.05, 0) is 44.9 Å². The second-order valence-corrected chi connectivity index (χ2v) is 6.63. The van der Waals surface area contributed by atoms with Gasteiger partial charge in [0.1, 0.15) is 11.4 Å². The van der Waals surface area contributed by atoms with Crippen molar-refractivity contribution >= 4 is 12.1 Å². The molecule has 1 atom stereocenters. The molecular formula is C19H26N2O5. The predicted octanol–water partition coefficient (Wildman–Crippen LogP) is 3.45. The van der Waals surface area contributed by atoms with Gasteiger partial charge in [0, 0.05) is 13.0 Å². The molecule has 0 saturated heterocycles. The number of carbonyl (C=O) groups is 2. The van der Waals surface area contributed by atoms with Crippen LogP contribution in [-0.2, 0) is 14.3 Å². The zero-order valence-corrected chi connectivity index (χ0v) is 15.9. The van der Waals surface area contributed by atoms with E-state index in [9.17, 15) is 9.59 Å². The van der Waals surface area contributed by atoms with E-state index in [4.69, 9.17) is 19.5 Å². The van der Waals surface area contributed by atoms with E-state index in [2.05, 4.69) is 0 Å². The summed E-state index contributed by atoms with van der Waals surface area (Å²) in [5.74, 6) is 0.0450. The van der Waals surface area contributed by atoms with Gasteiger partial charge in [0.15, 0.2) is 6.04 Å². The maximum atomic E-state index is 12.7. The molecule has 0 heterocycles. The van der Waals surface area contributed by atoms with Gasteiger partial charge >= 0.3 is 12.1 Å². The number of hydrogen-bond acceptors (Lipinski definition) is 6. The van der Waals surface area contributed by atoms with E-state index in [-0.39, 0.29) is 13.0 Å². The molecule has 0 N–H and O–H groups in total. The Labute approximate surface area is 154 Å². The number of esters is 1. The Morgan fingerprint density at radius 3 is 2.27 bits per heavy atom. The Kier molecular flexibility index (Phi) is 7.91. The molecule has 1 aromatic carbocycles. The quantitative estimate of drug-likeness (QED) is 0.545. The second kappa shape index (κ2) is 9.66. The number of amides is 1. The molecule has 26 heavy (non-hydrogen) atoms. The fourth-order valence-corrected chi connectivity index (χ4v) is 2.32. The molecule has 142 valence electrons. The molecule has 0 aliphatic carbocycles. The number of rotatable bonds is 7. The van der Waals surface area contributed by atoms with Crippen LogP contribution in [0.15, 0.2) is 24.3 Å². The van der Waals surface area contributed by atoms with E-state index >= 15 is 0 Å². The molecule has 0 spiro atoms. The first-order valence-electron chi connectivity index (χ1n) is 8.32. The fourth-order valence-electron chi connectivity index (χ4n) is 2.32. The minimum absolute atomic E-state index is 0.189. The van der Waals surface area contributed by atoms with Gasteiger partial charge in [-0.2, -0.15) is 5.26 Å². The van der Waals surface area contributed by atoms with Crippen molar-refractivity contribution in [3.05, 3.63) is 29.8 Å². The molecule has 0 aliphatic heterocycles. The molecule has 0 fully saturated rings. The fraction of sp³-hybridized carbons (Fsp3) is 0.526. The lowest BCUT2D eigenvalue weighted by Gasteiger charge is -2.32. The summed E-state index contributed by atoms with van der Waals surface area (Å²) in [6.07, 6.45) is 0.0384. The number of unbranched alkanes of at least 4 members (excludes halogenated alkanes) is 1. The minimum Gasteiger partial charge on any atom is -0.497 e. The van der Waals surface area contributed by atoms with Crippen molar-refractivity contribution in [3.63, 3.8) is 0 Å². The summed E-state index contributed by atoms with van der Waals surface area (Å²) in [6, 6.07) is 7.86. The monoisotopic (exact) mass is 362 g/mol. The number of nitriles is 1. The summed E-state index contributed by atoms with van der Waals surface area (Å²) in [5.41, 5.74) is -0.147. The molecule has 0 aromatic heterocycles. The Bertz CT molecular complexity index is 643. The van der Waals surface area contributed by atoms with Crippen LogP contribution in [0.3, 0.4) is 0 Å². The van der Waals surface area contributed by atoms with E-state index in [1.54, 1.807) is 52.1 Å². The molecule has 0 bridgehead atoms. The van der Waals surface area contributed by atoms with Crippen molar-refractivity contribution < 1.29 is 23.8 Å².